The molecule has 0 radical (unpaired) electrons. The highest BCUT2D eigenvalue weighted by Crippen LogP contribution is 2.40. The molecule has 1 amide bonds. The second-order valence-corrected chi connectivity index (χ2v) is 10.2. The van der Waals surface area contributed by atoms with Gasteiger partial charge in [0.2, 0.25) is 15.0 Å². The number of methoxy groups -OCH3 is 2. The van der Waals surface area contributed by atoms with Gasteiger partial charge >= 0.3 is 0 Å². The molecule has 33 heavy (non-hydrogen) atoms. The van der Waals surface area contributed by atoms with Crippen LogP contribution in [0, 0.1) is 0 Å². The van der Waals surface area contributed by atoms with Gasteiger partial charge in [-0.2, -0.15) is 0 Å². The Balaban J connectivity index is 1.84. The average Bonchev–Trinajstić information content (AvgIpc) is 3.08. The zero-order valence-electron chi connectivity index (χ0n) is 17.9. The smallest absolute Gasteiger partial charge is 0.273 e. The van der Waals surface area contributed by atoms with Crippen LogP contribution in [0.1, 0.15) is 21.6 Å². The van der Waals surface area contributed by atoms with Crippen molar-refractivity contribution in [1.29, 1.82) is 0 Å². The van der Waals surface area contributed by atoms with Crippen molar-refractivity contribution >= 4 is 38.9 Å². The molecule has 0 spiro atoms. The van der Waals surface area contributed by atoms with Crippen molar-refractivity contribution in [3.63, 3.8) is 0 Å². The lowest BCUT2D eigenvalue weighted by molar-refractivity contribution is 0.0762. The zero-order valence-corrected chi connectivity index (χ0v) is 20.3. The van der Waals surface area contributed by atoms with Gasteiger partial charge in [0.05, 0.1) is 36.5 Å². The number of sulfone groups is 1. The molecule has 2 heterocycles. The van der Waals surface area contributed by atoms with Crippen LogP contribution in [0.3, 0.4) is 0 Å². The maximum Gasteiger partial charge on any atom is 0.273 e. The van der Waals surface area contributed by atoms with Crippen molar-refractivity contribution < 1.29 is 22.7 Å². The van der Waals surface area contributed by atoms with E-state index in [1.165, 1.54) is 13.2 Å². The van der Waals surface area contributed by atoms with Crippen molar-refractivity contribution in [2.45, 2.75) is 18.2 Å². The van der Waals surface area contributed by atoms with E-state index in [0.29, 0.717) is 22.6 Å². The van der Waals surface area contributed by atoms with E-state index in [1.807, 2.05) is 24.3 Å². The number of halogens is 2. The standard InChI is InChI=1S/C22H19Cl2N3O5S/c1-31-13-6-4-5-12(7-13)10-27-11-15-19(14-8-18(32-2)17(24)9-16(14)23)25-22(33(3,29)30)26-20(15)21(27)28/h4-9H,10-11H2,1-3H3. The van der Waals surface area contributed by atoms with Gasteiger partial charge in [-0.3, -0.25) is 4.79 Å². The molecular formula is C22H19Cl2N3O5S. The van der Waals surface area contributed by atoms with E-state index in [2.05, 4.69) is 9.97 Å². The summed E-state index contributed by atoms with van der Waals surface area (Å²) in [4.78, 5) is 23.1. The summed E-state index contributed by atoms with van der Waals surface area (Å²) in [6.07, 6.45) is 0.982. The number of rotatable bonds is 6. The third kappa shape index (κ3) is 4.48. The van der Waals surface area contributed by atoms with Gasteiger partial charge in [0.1, 0.15) is 17.2 Å². The van der Waals surface area contributed by atoms with Gasteiger partial charge in [-0.1, -0.05) is 35.3 Å². The quantitative estimate of drug-likeness (QED) is 0.464. The van der Waals surface area contributed by atoms with Gasteiger partial charge in [0, 0.05) is 23.9 Å². The summed E-state index contributed by atoms with van der Waals surface area (Å²) in [5.41, 5.74) is 1.97. The molecule has 0 bridgehead atoms. The number of hydrogen-bond donors (Lipinski definition) is 0. The Bertz CT molecular complexity index is 1380. The van der Waals surface area contributed by atoms with Crippen LogP contribution in [0.4, 0.5) is 0 Å². The molecule has 3 aromatic rings. The maximum atomic E-state index is 13.2. The van der Waals surface area contributed by atoms with Gasteiger partial charge in [0.15, 0.2) is 0 Å². The normalized spacial score (nSPS) is 13.2. The molecule has 0 atom stereocenters. The largest absolute Gasteiger partial charge is 0.497 e. The van der Waals surface area contributed by atoms with Crippen LogP contribution < -0.4 is 9.47 Å². The molecule has 1 aliphatic rings. The van der Waals surface area contributed by atoms with Crippen LogP contribution in [0.25, 0.3) is 11.3 Å². The molecule has 1 aromatic heterocycles. The van der Waals surface area contributed by atoms with E-state index in [9.17, 15) is 13.2 Å². The van der Waals surface area contributed by atoms with Crippen LogP contribution in [0.2, 0.25) is 10.0 Å². The lowest BCUT2D eigenvalue weighted by Gasteiger charge is -2.16. The van der Waals surface area contributed by atoms with E-state index in [-0.39, 0.29) is 34.5 Å². The SMILES string of the molecule is COc1cccc(CN2Cc3c(nc(S(C)(=O)=O)nc3-c3cc(OC)c(Cl)cc3Cl)C2=O)c1. The highest BCUT2D eigenvalue weighted by atomic mass is 35.5. The predicted octanol–water partition coefficient (Wildman–Crippen LogP) is 4.03. The van der Waals surface area contributed by atoms with Crippen molar-refractivity contribution in [3.05, 3.63) is 63.3 Å². The summed E-state index contributed by atoms with van der Waals surface area (Å²) >= 11 is 12.6. The second-order valence-electron chi connectivity index (χ2n) is 7.43. The molecule has 0 unspecified atom stereocenters. The first-order valence-electron chi connectivity index (χ1n) is 9.69. The van der Waals surface area contributed by atoms with Crippen LogP contribution in [0.15, 0.2) is 41.6 Å². The molecule has 1 aliphatic heterocycles. The first-order chi connectivity index (χ1) is 15.6. The molecule has 2 aromatic carbocycles. The third-order valence-electron chi connectivity index (χ3n) is 5.16. The highest BCUT2D eigenvalue weighted by molar-refractivity contribution is 7.90. The van der Waals surface area contributed by atoms with Crippen molar-refractivity contribution in [2.24, 2.45) is 0 Å². The number of amides is 1. The van der Waals surface area contributed by atoms with Gasteiger partial charge in [-0.25, -0.2) is 18.4 Å². The van der Waals surface area contributed by atoms with Crippen molar-refractivity contribution in [3.8, 4) is 22.8 Å². The zero-order chi connectivity index (χ0) is 23.9. The number of ether oxygens (including phenoxy) is 2. The first-order valence-corrected chi connectivity index (χ1v) is 12.3. The number of fused-ring (bicyclic) bond motifs is 1. The minimum atomic E-state index is -3.81. The van der Waals surface area contributed by atoms with E-state index < -0.39 is 20.9 Å². The van der Waals surface area contributed by atoms with Gasteiger partial charge in [-0.15, -0.1) is 0 Å². The van der Waals surface area contributed by atoms with E-state index in [4.69, 9.17) is 32.7 Å². The molecular weight excluding hydrogens is 489 g/mol. The Morgan fingerprint density at radius 1 is 1.03 bits per heavy atom. The molecule has 0 aliphatic carbocycles. The first kappa shape index (κ1) is 23.3. The lowest BCUT2D eigenvalue weighted by Crippen LogP contribution is -2.23. The molecule has 8 nitrogen and oxygen atoms in total. The number of hydrogen-bond acceptors (Lipinski definition) is 7. The van der Waals surface area contributed by atoms with Gasteiger partial charge in [0.25, 0.3) is 5.91 Å². The molecule has 0 N–H and O–H groups in total. The molecule has 0 saturated carbocycles. The van der Waals surface area contributed by atoms with Crippen LogP contribution in [-0.4, -0.2) is 49.7 Å². The van der Waals surface area contributed by atoms with Gasteiger partial charge < -0.3 is 14.4 Å². The Kier molecular flexibility index (Phi) is 6.22. The van der Waals surface area contributed by atoms with E-state index in [0.717, 1.165) is 11.8 Å². The van der Waals surface area contributed by atoms with E-state index >= 15 is 0 Å². The minimum Gasteiger partial charge on any atom is -0.497 e. The minimum absolute atomic E-state index is 0.0216. The summed E-state index contributed by atoms with van der Waals surface area (Å²) < 4.78 is 35.1. The van der Waals surface area contributed by atoms with E-state index in [1.54, 1.807) is 18.1 Å². The fourth-order valence-electron chi connectivity index (χ4n) is 3.58. The maximum absolute atomic E-state index is 13.2. The summed E-state index contributed by atoms with van der Waals surface area (Å²) in [6, 6.07) is 10.4. The molecule has 4 rings (SSSR count). The van der Waals surface area contributed by atoms with Crippen LogP contribution >= 0.6 is 23.2 Å². The number of benzene rings is 2. The summed E-state index contributed by atoms with van der Waals surface area (Å²) in [6.45, 7) is 0.448. The monoisotopic (exact) mass is 507 g/mol. The Labute approximate surface area is 201 Å². The third-order valence-corrected chi connectivity index (χ3v) is 6.62. The summed E-state index contributed by atoms with van der Waals surface area (Å²) in [5.74, 6) is 0.594. The van der Waals surface area contributed by atoms with Crippen LogP contribution in [-0.2, 0) is 22.9 Å². The molecule has 172 valence electrons. The molecule has 0 saturated heterocycles. The second kappa shape index (κ2) is 8.81. The number of aromatic nitrogens is 2. The summed E-state index contributed by atoms with van der Waals surface area (Å²) in [7, 11) is -0.797. The Hall–Kier alpha value is -2.88. The molecule has 0 fully saturated rings. The molecule has 11 heteroatoms. The van der Waals surface area contributed by atoms with Gasteiger partial charge in [-0.05, 0) is 29.8 Å². The van der Waals surface area contributed by atoms with Crippen molar-refractivity contribution in [1.82, 2.24) is 14.9 Å². The Morgan fingerprint density at radius 3 is 2.42 bits per heavy atom. The Morgan fingerprint density at radius 2 is 1.76 bits per heavy atom. The number of carbonyl (C=O) groups excluding carboxylic acids is 1. The number of carbonyl (C=O) groups is 1. The topological polar surface area (TPSA) is 98.7 Å². The number of nitrogens with zero attached hydrogens (tertiary/aromatic N) is 3. The predicted molar refractivity (Wildman–Crippen MR) is 124 cm³/mol. The lowest BCUT2D eigenvalue weighted by atomic mass is 10.1. The fourth-order valence-corrected chi connectivity index (χ4v) is 4.64. The average molecular weight is 508 g/mol. The fraction of sp³-hybridized carbons (Fsp3) is 0.227. The summed E-state index contributed by atoms with van der Waals surface area (Å²) in [5, 5.41) is 0.0636. The highest BCUT2D eigenvalue weighted by Gasteiger charge is 2.35. The van der Waals surface area contributed by atoms with Crippen molar-refractivity contribution in [2.75, 3.05) is 20.5 Å². The van der Waals surface area contributed by atoms with Crippen LogP contribution in [0.5, 0.6) is 11.5 Å².